The molecule has 0 spiro atoms. The van der Waals surface area contributed by atoms with Crippen molar-refractivity contribution in [1.29, 1.82) is 0 Å². The summed E-state index contributed by atoms with van der Waals surface area (Å²) in [5.41, 5.74) is 1.44. The number of esters is 1. The molecule has 0 atom stereocenters. The minimum atomic E-state index is -3.87. The van der Waals surface area contributed by atoms with Crippen LogP contribution in [0.25, 0.3) is 0 Å². The van der Waals surface area contributed by atoms with Crippen LogP contribution in [-0.2, 0) is 13.8 Å². The molecule has 0 aliphatic rings. The maximum Gasteiger partial charge on any atom is 0.338 e. The number of carbonyl (C=O) groups is 1. The van der Waals surface area contributed by atoms with E-state index in [-0.39, 0.29) is 10.5 Å². The summed E-state index contributed by atoms with van der Waals surface area (Å²) in [5.74, 6) is -0.509. The third kappa shape index (κ3) is 5.32. The fraction of sp³-hybridized carbons (Fsp3) is 0.533. The van der Waals surface area contributed by atoms with E-state index in [0.29, 0.717) is 17.7 Å². The molecule has 1 aromatic rings. The first-order chi connectivity index (χ1) is 9.77. The van der Waals surface area contributed by atoms with Crippen LogP contribution in [0.5, 0.6) is 0 Å². The molecule has 0 aliphatic carbocycles. The number of hydrogen-bond donors (Lipinski definition) is 0. The molecule has 0 amide bonds. The number of halogens is 1. The lowest BCUT2D eigenvalue weighted by atomic mass is 10.1. The lowest BCUT2D eigenvalue weighted by Crippen LogP contribution is -2.10. The quantitative estimate of drug-likeness (QED) is 0.430. The van der Waals surface area contributed by atoms with Crippen LogP contribution in [0.3, 0.4) is 0 Å². The maximum atomic E-state index is 12.0. The predicted octanol–water partition coefficient (Wildman–Crippen LogP) is 3.97. The van der Waals surface area contributed by atoms with Gasteiger partial charge in [0.1, 0.15) is 0 Å². The monoisotopic (exact) mass is 332 g/mol. The summed E-state index contributed by atoms with van der Waals surface area (Å²) in [5, 5.41) is 0. The first-order valence-corrected chi connectivity index (χ1v) is 9.31. The number of ether oxygens (including phenoxy) is 1. The van der Waals surface area contributed by atoms with Crippen LogP contribution in [0, 0.1) is 13.8 Å². The Bertz CT molecular complexity index is 608. The van der Waals surface area contributed by atoms with Crippen LogP contribution in [0.15, 0.2) is 17.0 Å². The molecule has 4 nitrogen and oxygen atoms in total. The minimum Gasteiger partial charge on any atom is -0.462 e. The molecule has 0 saturated carbocycles. The Kier molecular flexibility index (Phi) is 6.68. The Balaban J connectivity index is 2.85. The van der Waals surface area contributed by atoms with E-state index >= 15 is 0 Å². The first-order valence-electron chi connectivity index (χ1n) is 7.00. The summed E-state index contributed by atoms with van der Waals surface area (Å²) in [6, 6.07) is 2.92. The van der Waals surface area contributed by atoms with Crippen LogP contribution in [0.2, 0.25) is 0 Å². The largest absolute Gasteiger partial charge is 0.462 e. The molecule has 0 heterocycles. The van der Waals surface area contributed by atoms with E-state index in [0.717, 1.165) is 25.7 Å². The summed E-state index contributed by atoms with van der Waals surface area (Å²) in [4.78, 5) is 12.0. The first kappa shape index (κ1) is 18.0. The lowest BCUT2D eigenvalue weighted by molar-refractivity contribution is 0.0496. The fourth-order valence-electron chi connectivity index (χ4n) is 2.09. The highest BCUT2D eigenvalue weighted by Crippen LogP contribution is 2.24. The van der Waals surface area contributed by atoms with E-state index in [1.165, 1.54) is 6.07 Å². The Labute approximate surface area is 130 Å². The van der Waals surface area contributed by atoms with Gasteiger partial charge in [0.05, 0.1) is 17.1 Å². The van der Waals surface area contributed by atoms with Gasteiger partial charge in [-0.25, -0.2) is 13.2 Å². The highest BCUT2D eigenvalue weighted by Gasteiger charge is 2.19. The van der Waals surface area contributed by atoms with Crippen molar-refractivity contribution in [1.82, 2.24) is 0 Å². The van der Waals surface area contributed by atoms with Crippen LogP contribution in [-0.4, -0.2) is 21.0 Å². The van der Waals surface area contributed by atoms with Crippen molar-refractivity contribution < 1.29 is 17.9 Å². The molecule has 0 radical (unpaired) electrons. The standard InChI is InChI=1S/C15H21ClO4S/c1-4-5-6-7-8-20-15(17)13-10-14(21(16,18)19)12(3)9-11(13)2/h9-10H,4-8H2,1-3H3. The van der Waals surface area contributed by atoms with Crippen LogP contribution >= 0.6 is 10.7 Å². The van der Waals surface area contributed by atoms with Gasteiger partial charge in [-0.05, 0) is 37.5 Å². The second-order valence-electron chi connectivity index (χ2n) is 5.07. The van der Waals surface area contributed by atoms with E-state index in [9.17, 15) is 13.2 Å². The Morgan fingerprint density at radius 1 is 1.14 bits per heavy atom. The van der Waals surface area contributed by atoms with Crippen molar-refractivity contribution in [3.63, 3.8) is 0 Å². The molecule has 0 N–H and O–H groups in total. The second kappa shape index (κ2) is 7.80. The van der Waals surface area contributed by atoms with Gasteiger partial charge in [0, 0.05) is 10.7 Å². The molecular formula is C15H21ClO4S. The summed E-state index contributed by atoms with van der Waals surface area (Å²) >= 11 is 0. The molecule has 21 heavy (non-hydrogen) atoms. The summed E-state index contributed by atoms with van der Waals surface area (Å²) < 4.78 is 28.2. The SMILES string of the molecule is CCCCCCOC(=O)c1cc(S(=O)(=O)Cl)c(C)cc1C. The van der Waals surface area contributed by atoms with Crippen molar-refractivity contribution in [2.75, 3.05) is 6.61 Å². The molecule has 0 unspecified atom stereocenters. The topological polar surface area (TPSA) is 60.4 Å². The van der Waals surface area contributed by atoms with Gasteiger partial charge < -0.3 is 4.74 Å². The van der Waals surface area contributed by atoms with Gasteiger partial charge in [0.15, 0.2) is 0 Å². The number of rotatable bonds is 7. The van der Waals surface area contributed by atoms with E-state index in [1.54, 1.807) is 19.9 Å². The molecular weight excluding hydrogens is 312 g/mol. The van der Waals surface area contributed by atoms with Crippen LogP contribution in [0.1, 0.15) is 54.1 Å². The molecule has 0 fully saturated rings. The number of carbonyl (C=O) groups excluding carboxylic acids is 1. The van der Waals surface area contributed by atoms with Crippen molar-refractivity contribution in [3.05, 3.63) is 28.8 Å². The Hall–Kier alpha value is -1.07. The fourth-order valence-corrected chi connectivity index (χ4v) is 3.29. The zero-order valence-corrected chi connectivity index (χ0v) is 14.2. The smallest absolute Gasteiger partial charge is 0.338 e. The van der Waals surface area contributed by atoms with E-state index in [2.05, 4.69) is 6.92 Å². The average Bonchev–Trinajstić information content (AvgIpc) is 2.36. The van der Waals surface area contributed by atoms with Gasteiger partial charge in [0.2, 0.25) is 0 Å². The molecule has 1 aromatic carbocycles. The summed E-state index contributed by atoms with van der Waals surface area (Å²) in [6.07, 6.45) is 4.04. The van der Waals surface area contributed by atoms with Gasteiger partial charge in [0.25, 0.3) is 9.05 Å². The predicted molar refractivity (Wildman–Crippen MR) is 83.4 cm³/mol. The molecule has 1 rings (SSSR count). The van der Waals surface area contributed by atoms with Gasteiger partial charge in [-0.3, -0.25) is 0 Å². The third-order valence-corrected chi connectivity index (χ3v) is 4.70. The normalized spacial score (nSPS) is 11.4. The molecule has 118 valence electrons. The Morgan fingerprint density at radius 2 is 1.81 bits per heavy atom. The van der Waals surface area contributed by atoms with E-state index in [1.807, 2.05) is 0 Å². The van der Waals surface area contributed by atoms with Crippen molar-refractivity contribution in [2.24, 2.45) is 0 Å². The van der Waals surface area contributed by atoms with Crippen molar-refractivity contribution >= 4 is 25.7 Å². The van der Waals surface area contributed by atoms with Crippen molar-refractivity contribution in [3.8, 4) is 0 Å². The zero-order chi connectivity index (χ0) is 16.0. The minimum absolute atomic E-state index is 0.0484. The number of benzene rings is 1. The third-order valence-electron chi connectivity index (χ3n) is 3.24. The highest BCUT2D eigenvalue weighted by molar-refractivity contribution is 8.13. The van der Waals surface area contributed by atoms with Gasteiger partial charge in [-0.2, -0.15) is 0 Å². The van der Waals surface area contributed by atoms with Gasteiger partial charge in [-0.1, -0.05) is 32.3 Å². The number of hydrogen-bond acceptors (Lipinski definition) is 4. The number of aryl methyl sites for hydroxylation is 2. The van der Waals surface area contributed by atoms with Gasteiger partial charge >= 0.3 is 5.97 Å². The summed E-state index contributed by atoms with van der Waals surface area (Å²) in [6.45, 7) is 5.83. The lowest BCUT2D eigenvalue weighted by Gasteiger charge is -2.10. The number of unbranched alkanes of at least 4 members (excludes halogenated alkanes) is 3. The highest BCUT2D eigenvalue weighted by atomic mass is 35.7. The van der Waals surface area contributed by atoms with Crippen molar-refractivity contribution in [2.45, 2.75) is 51.3 Å². The maximum absolute atomic E-state index is 12.0. The van der Waals surface area contributed by atoms with Crippen LogP contribution in [0.4, 0.5) is 0 Å². The zero-order valence-electron chi connectivity index (χ0n) is 12.6. The van der Waals surface area contributed by atoms with E-state index < -0.39 is 15.0 Å². The molecule has 6 heteroatoms. The Morgan fingerprint density at radius 3 is 2.38 bits per heavy atom. The molecule has 0 saturated heterocycles. The summed E-state index contributed by atoms with van der Waals surface area (Å²) in [7, 11) is 1.50. The van der Waals surface area contributed by atoms with Gasteiger partial charge in [-0.15, -0.1) is 0 Å². The van der Waals surface area contributed by atoms with E-state index in [4.69, 9.17) is 15.4 Å². The van der Waals surface area contributed by atoms with Crippen LogP contribution < -0.4 is 0 Å². The second-order valence-corrected chi connectivity index (χ2v) is 7.60. The average molecular weight is 333 g/mol. The molecule has 0 aromatic heterocycles. The molecule has 0 bridgehead atoms. The molecule has 0 aliphatic heterocycles.